The summed E-state index contributed by atoms with van der Waals surface area (Å²) in [6, 6.07) is 19.2. The normalized spacial score (nSPS) is 16.6. The number of carbonyl (C=O) groups is 2. The van der Waals surface area contributed by atoms with Gasteiger partial charge in [-0.3, -0.25) is 19.4 Å². The van der Waals surface area contributed by atoms with Gasteiger partial charge in [-0.25, -0.2) is 4.39 Å². The molecule has 4 rings (SSSR count). The van der Waals surface area contributed by atoms with Gasteiger partial charge in [-0.15, -0.1) is 0 Å². The Morgan fingerprint density at radius 3 is 2.19 bits per heavy atom. The van der Waals surface area contributed by atoms with E-state index in [9.17, 15) is 14.0 Å². The summed E-state index contributed by atoms with van der Waals surface area (Å²) in [7, 11) is 3.84. The zero-order valence-corrected chi connectivity index (χ0v) is 17.9. The van der Waals surface area contributed by atoms with Crippen LogP contribution in [0.2, 0.25) is 5.02 Å². The fourth-order valence-electron chi connectivity index (χ4n) is 3.71. The monoisotopic (exact) mass is 437 g/mol. The van der Waals surface area contributed by atoms with E-state index < -0.39 is 11.9 Å². The molecule has 2 amide bonds. The number of para-hydroxylation sites is 1. The Labute approximate surface area is 185 Å². The van der Waals surface area contributed by atoms with Crippen LogP contribution in [0.3, 0.4) is 0 Å². The van der Waals surface area contributed by atoms with Crippen LogP contribution in [0, 0.1) is 5.82 Å². The molecule has 0 radical (unpaired) electrons. The molecule has 1 atom stereocenters. The first-order chi connectivity index (χ1) is 14.9. The topological polar surface area (TPSA) is 43.9 Å². The van der Waals surface area contributed by atoms with Gasteiger partial charge in [0.05, 0.1) is 5.69 Å². The van der Waals surface area contributed by atoms with Crippen LogP contribution in [0.15, 0.2) is 72.8 Å². The lowest BCUT2D eigenvalue weighted by molar-refractivity contribution is -0.128. The largest absolute Gasteiger partial charge is 0.378 e. The third kappa shape index (κ3) is 3.99. The predicted octanol–water partition coefficient (Wildman–Crippen LogP) is 4.67. The molecule has 0 spiro atoms. The molecule has 3 aromatic carbocycles. The second kappa shape index (κ2) is 8.40. The highest BCUT2D eigenvalue weighted by molar-refractivity contribution is 6.30. The average Bonchev–Trinajstić information content (AvgIpc) is 2.76. The molecule has 1 heterocycles. The fraction of sp³-hybridized carbons (Fsp3) is 0.167. The standard InChI is InChI=1S/C24H21ClFN3O2/c1-27(2)18-11-7-16(8-12-18)23-24(31)28(21-6-4-3-5-20(21)26)15-22(30)29(23)19-13-9-17(25)10-14-19/h3-14,23H,15H2,1-2H3. The number of rotatable bonds is 4. The molecule has 158 valence electrons. The molecule has 1 unspecified atom stereocenters. The Balaban J connectivity index is 1.81. The molecule has 0 aliphatic carbocycles. The summed E-state index contributed by atoms with van der Waals surface area (Å²) in [5, 5.41) is 0.527. The van der Waals surface area contributed by atoms with E-state index in [0.717, 1.165) is 5.69 Å². The molecule has 0 N–H and O–H groups in total. The first-order valence-electron chi connectivity index (χ1n) is 9.77. The van der Waals surface area contributed by atoms with Crippen molar-refractivity contribution in [3.05, 3.63) is 89.2 Å². The van der Waals surface area contributed by atoms with E-state index in [1.807, 2.05) is 43.3 Å². The van der Waals surface area contributed by atoms with Crippen molar-refractivity contribution in [1.29, 1.82) is 0 Å². The summed E-state index contributed by atoms with van der Waals surface area (Å²) in [4.78, 5) is 31.5. The molecular formula is C24H21ClFN3O2. The molecule has 0 saturated carbocycles. The van der Waals surface area contributed by atoms with Crippen molar-refractivity contribution in [2.45, 2.75) is 6.04 Å². The van der Waals surface area contributed by atoms with E-state index in [4.69, 9.17) is 11.6 Å². The van der Waals surface area contributed by atoms with E-state index in [0.29, 0.717) is 16.3 Å². The molecule has 1 fully saturated rings. The van der Waals surface area contributed by atoms with Crippen LogP contribution in [0.1, 0.15) is 11.6 Å². The zero-order valence-electron chi connectivity index (χ0n) is 17.1. The van der Waals surface area contributed by atoms with Gasteiger partial charge >= 0.3 is 0 Å². The molecule has 1 aliphatic heterocycles. The minimum atomic E-state index is -0.932. The van der Waals surface area contributed by atoms with Crippen molar-refractivity contribution in [3.63, 3.8) is 0 Å². The molecule has 0 bridgehead atoms. The maximum absolute atomic E-state index is 14.5. The van der Waals surface area contributed by atoms with Crippen LogP contribution in [0.4, 0.5) is 21.5 Å². The van der Waals surface area contributed by atoms with E-state index >= 15 is 0 Å². The van der Waals surface area contributed by atoms with E-state index in [1.165, 1.54) is 21.9 Å². The van der Waals surface area contributed by atoms with E-state index in [-0.39, 0.29) is 24.0 Å². The van der Waals surface area contributed by atoms with Crippen molar-refractivity contribution in [3.8, 4) is 0 Å². The number of hydrogen-bond acceptors (Lipinski definition) is 3. The summed E-state index contributed by atoms with van der Waals surface area (Å²) in [5.74, 6) is -1.24. The number of hydrogen-bond donors (Lipinski definition) is 0. The summed E-state index contributed by atoms with van der Waals surface area (Å²) in [6.45, 7) is -0.255. The highest BCUT2D eigenvalue weighted by Gasteiger charge is 2.42. The molecule has 3 aromatic rings. The Bertz CT molecular complexity index is 1120. The van der Waals surface area contributed by atoms with Gasteiger partial charge in [-0.1, -0.05) is 35.9 Å². The second-order valence-corrected chi connectivity index (χ2v) is 7.94. The van der Waals surface area contributed by atoms with Crippen molar-refractivity contribution < 1.29 is 14.0 Å². The third-order valence-electron chi connectivity index (χ3n) is 5.29. The number of halogens is 2. The van der Waals surface area contributed by atoms with Crippen LogP contribution < -0.4 is 14.7 Å². The maximum atomic E-state index is 14.5. The van der Waals surface area contributed by atoms with Crippen LogP contribution in [0.5, 0.6) is 0 Å². The second-order valence-electron chi connectivity index (χ2n) is 7.50. The summed E-state index contributed by atoms with van der Waals surface area (Å²) in [6.07, 6.45) is 0. The van der Waals surface area contributed by atoms with Gasteiger partial charge in [0.1, 0.15) is 18.4 Å². The highest BCUT2D eigenvalue weighted by Crippen LogP contribution is 2.36. The number of benzene rings is 3. The Kier molecular flexibility index (Phi) is 5.65. The van der Waals surface area contributed by atoms with Crippen LogP contribution in [0.25, 0.3) is 0 Å². The highest BCUT2D eigenvalue weighted by atomic mass is 35.5. The number of nitrogens with zero attached hydrogens (tertiary/aromatic N) is 3. The zero-order chi connectivity index (χ0) is 22.1. The Morgan fingerprint density at radius 1 is 0.935 bits per heavy atom. The van der Waals surface area contributed by atoms with Gasteiger partial charge in [0, 0.05) is 30.5 Å². The average molecular weight is 438 g/mol. The van der Waals surface area contributed by atoms with Crippen LogP contribution in [-0.4, -0.2) is 32.5 Å². The van der Waals surface area contributed by atoms with Crippen molar-refractivity contribution in [2.24, 2.45) is 0 Å². The van der Waals surface area contributed by atoms with E-state index in [1.54, 1.807) is 36.4 Å². The summed E-state index contributed by atoms with van der Waals surface area (Å²) >= 11 is 6.01. The molecule has 31 heavy (non-hydrogen) atoms. The molecule has 1 aliphatic rings. The van der Waals surface area contributed by atoms with Gasteiger partial charge in [-0.05, 0) is 54.1 Å². The van der Waals surface area contributed by atoms with Gasteiger partial charge in [0.25, 0.3) is 5.91 Å². The van der Waals surface area contributed by atoms with Crippen molar-refractivity contribution >= 4 is 40.5 Å². The molecule has 0 aromatic heterocycles. The summed E-state index contributed by atoms with van der Waals surface area (Å²) in [5.41, 5.74) is 2.24. The van der Waals surface area contributed by atoms with Gasteiger partial charge in [0.2, 0.25) is 5.91 Å². The SMILES string of the molecule is CN(C)c1ccc(C2C(=O)N(c3ccccc3F)CC(=O)N2c2ccc(Cl)cc2)cc1. The van der Waals surface area contributed by atoms with Gasteiger partial charge in [0.15, 0.2) is 0 Å². The molecular weight excluding hydrogens is 417 g/mol. The van der Waals surface area contributed by atoms with Crippen molar-refractivity contribution in [1.82, 2.24) is 0 Å². The third-order valence-corrected chi connectivity index (χ3v) is 5.55. The van der Waals surface area contributed by atoms with Crippen molar-refractivity contribution in [2.75, 3.05) is 35.3 Å². The number of anilines is 3. The molecule has 7 heteroatoms. The molecule has 5 nitrogen and oxygen atoms in total. The molecule has 1 saturated heterocycles. The predicted molar refractivity (Wildman–Crippen MR) is 121 cm³/mol. The minimum Gasteiger partial charge on any atom is -0.378 e. The lowest BCUT2D eigenvalue weighted by Gasteiger charge is -2.40. The fourth-order valence-corrected chi connectivity index (χ4v) is 3.83. The quantitative estimate of drug-likeness (QED) is 0.596. The lowest BCUT2D eigenvalue weighted by atomic mass is 9.99. The smallest absolute Gasteiger partial charge is 0.255 e. The Morgan fingerprint density at radius 2 is 1.58 bits per heavy atom. The van der Waals surface area contributed by atoms with Crippen LogP contribution >= 0.6 is 11.6 Å². The van der Waals surface area contributed by atoms with Gasteiger partial charge < -0.3 is 4.90 Å². The first kappa shape index (κ1) is 20.9. The summed E-state index contributed by atoms with van der Waals surface area (Å²) < 4.78 is 14.5. The lowest BCUT2D eigenvalue weighted by Crippen LogP contribution is -2.56. The maximum Gasteiger partial charge on any atom is 0.255 e. The van der Waals surface area contributed by atoms with Gasteiger partial charge in [-0.2, -0.15) is 0 Å². The number of piperazine rings is 1. The van der Waals surface area contributed by atoms with Crippen LogP contribution in [-0.2, 0) is 9.59 Å². The first-order valence-corrected chi connectivity index (χ1v) is 10.2. The van der Waals surface area contributed by atoms with E-state index in [2.05, 4.69) is 0 Å². The number of amides is 2. The Hall–Kier alpha value is -3.38. The number of carbonyl (C=O) groups excluding carboxylic acids is 2. The minimum absolute atomic E-state index is 0.0894.